The molecule has 1 N–H and O–H groups in total. The second kappa shape index (κ2) is 9.88. The molecule has 0 saturated carbocycles. The summed E-state index contributed by atoms with van der Waals surface area (Å²) >= 11 is 0. The molecule has 2 fully saturated rings. The van der Waals surface area contributed by atoms with Crippen LogP contribution in [0, 0.1) is 5.92 Å². The van der Waals surface area contributed by atoms with Gasteiger partial charge in [0.15, 0.2) is 0 Å². The van der Waals surface area contributed by atoms with E-state index in [1.54, 1.807) is 0 Å². The van der Waals surface area contributed by atoms with Crippen LogP contribution < -0.4 is 10.2 Å². The van der Waals surface area contributed by atoms with Gasteiger partial charge >= 0.3 is 6.18 Å². The predicted octanol–water partition coefficient (Wildman–Crippen LogP) is 2.98. The standard InChI is InChI=1S/C22H25F3N4O4S/c23-22(24,25)17-3-4-20(28-10-12-33-13-11-28)19(14-17)27-21(30)16-5-8-29(9-6-16)34(31,32)18-2-1-7-26-15-18/h1-4,7,14-16H,5-6,8-13H2,(H,27,30). The maximum atomic E-state index is 13.3. The maximum absolute atomic E-state index is 13.3. The Balaban J connectivity index is 1.47. The lowest BCUT2D eigenvalue weighted by Crippen LogP contribution is -2.41. The Labute approximate surface area is 195 Å². The fourth-order valence-electron chi connectivity index (χ4n) is 4.13. The third-order valence-corrected chi connectivity index (χ3v) is 7.91. The van der Waals surface area contributed by atoms with Crippen LogP contribution in [-0.2, 0) is 25.7 Å². The molecule has 0 radical (unpaired) electrons. The minimum Gasteiger partial charge on any atom is -0.378 e. The first-order chi connectivity index (χ1) is 16.2. The number of amides is 1. The lowest BCUT2D eigenvalue weighted by atomic mass is 9.97. The van der Waals surface area contributed by atoms with Crippen LogP contribution in [0.4, 0.5) is 24.5 Å². The number of nitrogens with zero attached hydrogens (tertiary/aromatic N) is 3. The molecule has 1 aromatic heterocycles. The topological polar surface area (TPSA) is 91.8 Å². The van der Waals surface area contributed by atoms with Gasteiger partial charge in [-0.05, 0) is 43.2 Å². The number of rotatable bonds is 5. The Kier molecular flexibility index (Phi) is 7.10. The summed E-state index contributed by atoms with van der Waals surface area (Å²) in [6.45, 7) is 2.15. The molecule has 0 aliphatic carbocycles. The van der Waals surface area contributed by atoms with E-state index in [1.165, 1.54) is 34.9 Å². The minimum atomic E-state index is -4.55. The van der Waals surface area contributed by atoms with E-state index >= 15 is 0 Å². The van der Waals surface area contributed by atoms with Crippen molar-refractivity contribution in [3.05, 3.63) is 48.3 Å². The van der Waals surface area contributed by atoms with Gasteiger partial charge in [-0.2, -0.15) is 17.5 Å². The van der Waals surface area contributed by atoms with E-state index in [2.05, 4.69) is 10.3 Å². The second-order valence-corrected chi connectivity index (χ2v) is 10.1. The van der Waals surface area contributed by atoms with Crippen molar-refractivity contribution in [3.63, 3.8) is 0 Å². The van der Waals surface area contributed by atoms with Gasteiger partial charge in [-0.25, -0.2) is 8.42 Å². The van der Waals surface area contributed by atoms with Crippen LogP contribution in [0.1, 0.15) is 18.4 Å². The fourth-order valence-corrected chi connectivity index (χ4v) is 5.57. The number of carbonyl (C=O) groups excluding carboxylic acids is 1. The van der Waals surface area contributed by atoms with Crippen LogP contribution in [0.25, 0.3) is 0 Å². The average Bonchev–Trinajstić information content (AvgIpc) is 2.84. The molecule has 1 amide bonds. The number of hydrogen-bond acceptors (Lipinski definition) is 6. The zero-order valence-electron chi connectivity index (χ0n) is 18.3. The van der Waals surface area contributed by atoms with Crippen LogP contribution in [0.15, 0.2) is 47.6 Å². The molecular formula is C22H25F3N4O4S. The molecule has 2 aromatic rings. The highest BCUT2D eigenvalue weighted by Crippen LogP contribution is 2.36. The normalized spacial score (nSPS) is 18.6. The third-order valence-electron chi connectivity index (χ3n) is 6.03. The molecule has 8 nitrogen and oxygen atoms in total. The van der Waals surface area contributed by atoms with Crippen molar-refractivity contribution >= 4 is 27.3 Å². The van der Waals surface area contributed by atoms with Crippen molar-refractivity contribution in [3.8, 4) is 0 Å². The van der Waals surface area contributed by atoms with Gasteiger partial charge in [-0.3, -0.25) is 9.78 Å². The first kappa shape index (κ1) is 24.4. The molecule has 3 heterocycles. The first-order valence-electron chi connectivity index (χ1n) is 10.9. The minimum absolute atomic E-state index is 0.0806. The highest BCUT2D eigenvalue weighted by Gasteiger charge is 2.34. The summed E-state index contributed by atoms with van der Waals surface area (Å²) in [5.74, 6) is -0.945. The molecule has 0 atom stereocenters. The molecule has 4 rings (SSSR count). The summed E-state index contributed by atoms with van der Waals surface area (Å²) in [5.41, 5.74) is -0.259. The Hall–Kier alpha value is -2.70. The Bertz CT molecular complexity index is 1110. The highest BCUT2D eigenvalue weighted by molar-refractivity contribution is 7.89. The molecule has 12 heteroatoms. The van der Waals surface area contributed by atoms with Crippen LogP contribution in [-0.4, -0.2) is 63.0 Å². The summed E-state index contributed by atoms with van der Waals surface area (Å²) in [6.07, 6.45) is -1.27. The van der Waals surface area contributed by atoms with E-state index in [0.29, 0.717) is 32.0 Å². The predicted molar refractivity (Wildman–Crippen MR) is 119 cm³/mol. The van der Waals surface area contributed by atoms with Gasteiger partial charge in [0, 0.05) is 44.5 Å². The highest BCUT2D eigenvalue weighted by atomic mass is 32.2. The molecule has 0 spiro atoms. The number of benzene rings is 1. The monoisotopic (exact) mass is 498 g/mol. The third kappa shape index (κ3) is 5.34. The quantitative estimate of drug-likeness (QED) is 0.682. The number of pyridine rings is 1. The lowest BCUT2D eigenvalue weighted by molar-refractivity contribution is -0.137. The molecule has 0 bridgehead atoms. The number of carbonyl (C=O) groups is 1. The number of alkyl halides is 3. The van der Waals surface area contributed by atoms with Gasteiger partial charge < -0.3 is 15.0 Å². The Morgan fingerprint density at radius 1 is 1.09 bits per heavy atom. The second-order valence-electron chi connectivity index (χ2n) is 8.19. The molecule has 2 aliphatic rings. The SMILES string of the molecule is O=C(Nc1cc(C(F)(F)F)ccc1N1CCOCC1)C1CCN(S(=O)(=O)c2cccnc2)CC1. The van der Waals surface area contributed by atoms with Crippen molar-refractivity contribution in [2.75, 3.05) is 49.6 Å². The van der Waals surface area contributed by atoms with E-state index in [9.17, 15) is 26.4 Å². The number of sulfonamides is 1. The van der Waals surface area contributed by atoms with Gasteiger partial charge in [0.25, 0.3) is 0 Å². The van der Waals surface area contributed by atoms with Crippen LogP contribution in [0.2, 0.25) is 0 Å². The van der Waals surface area contributed by atoms with Crippen molar-refractivity contribution < 1.29 is 31.1 Å². The number of nitrogens with one attached hydrogen (secondary N) is 1. The number of halogens is 3. The average molecular weight is 499 g/mol. The van der Waals surface area contributed by atoms with Crippen LogP contribution in [0.3, 0.4) is 0 Å². The summed E-state index contributed by atoms with van der Waals surface area (Å²) in [4.78, 5) is 18.8. The summed E-state index contributed by atoms with van der Waals surface area (Å²) in [7, 11) is -3.72. The number of morpholine rings is 1. The fraction of sp³-hybridized carbons (Fsp3) is 0.455. The number of anilines is 2. The smallest absolute Gasteiger partial charge is 0.378 e. The van der Waals surface area contributed by atoms with Gasteiger partial charge in [0.2, 0.25) is 15.9 Å². The van der Waals surface area contributed by atoms with E-state index in [-0.39, 0.29) is 36.5 Å². The largest absolute Gasteiger partial charge is 0.416 e. The number of ether oxygens (including phenoxy) is 1. The van der Waals surface area contributed by atoms with E-state index in [4.69, 9.17) is 4.74 Å². The lowest BCUT2D eigenvalue weighted by Gasteiger charge is -2.32. The molecule has 184 valence electrons. The maximum Gasteiger partial charge on any atom is 0.416 e. The molecule has 1 aromatic carbocycles. The summed E-state index contributed by atoms with van der Waals surface area (Å²) < 4.78 is 72.1. The van der Waals surface area contributed by atoms with Gasteiger partial charge in [0.05, 0.1) is 30.2 Å². The number of piperidine rings is 1. The molecule has 0 unspecified atom stereocenters. The van der Waals surface area contributed by atoms with Crippen molar-refractivity contribution in [1.82, 2.24) is 9.29 Å². The number of aromatic nitrogens is 1. The number of hydrogen-bond donors (Lipinski definition) is 1. The van der Waals surface area contributed by atoms with Crippen molar-refractivity contribution in [2.24, 2.45) is 5.92 Å². The van der Waals surface area contributed by atoms with E-state index < -0.39 is 33.6 Å². The molecular weight excluding hydrogens is 473 g/mol. The van der Waals surface area contributed by atoms with Crippen molar-refractivity contribution in [1.29, 1.82) is 0 Å². The molecule has 34 heavy (non-hydrogen) atoms. The summed E-state index contributed by atoms with van der Waals surface area (Å²) in [6, 6.07) is 6.32. The van der Waals surface area contributed by atoms with Crippen LogP contribution in [0.5, 0.6) is 0 Å². The van der Waals surface area contributed by atoms with E-state index in [0.717, 1.165) is 12.1 Å². The van der Waals surface area contributed by atoms with Crippen LogP contribution >= 0.6 is 0 Å². The molecule has 2 aliphatic heterocycles. The van der Waals surface area contributed by atoms with Gasteiger partial charge in [0.1, 0.15) is 4.90 Å². The Morgan fingerprint density at radius 3 is 2.41 bits per heavy atom. The van der Waals surface area contributed by atoms with Crippen molar-refractivity contribution in [2.45, 2.75) is 23.9 Å². The zero-order chi connectivity index (χ0) is 24.3. The van der Waals surface area contributed by atoms with Gasteiger partial charge in [-0.15, -0.1) is 0 Å². The molecule has 2 saturated heterocycles. The zero-order valence-corrected chi connectivity index (χ0v) is 19.1. The Morgan fingerprint density at radius 2 is 1.79 bits per heavy atom. The van der Waals surface area contributed by atoms with E-state index in [1.807, 2.05) is 4.90 Å². The summed E-state index contributed by atoms with van der Waals surface area (Å²) in [5, 5.41) is 2.68. The first-order valence-corrected chi connectivity index (χ1v) is 12.4. The van der Waals surface area contributed by atoms with Gasteiger partial charge in [-0.1, -0.05) is 0 Å².